The van der Waals surface area contributed by atoms with Crippen molar-refractivity contribution in [1.82, 2.24) is 0 Å². The molecule has 2 aromatic carbocycles. The molecule has 0 saturated carbocycles. The Hall–Kier alpha value is -1.06. The molecular weight excluding hydrogens is 459 g/mol. The zero-order valence-corrected chi connectivity index (χ0v) is 23.1. The molecule has 1 aliphatic rings. The molecule has 0 amide bonds. The molecule has 0 unspecified atom stereocenters. The molecule has 0 atom stereocenters. The molecule has 0 heterocycles. The summed E-state index contributed by atoms with van der Waals surface area (Å²) < 4.78 is 25.0. The monoisotopic (exact) mass is 502 g/mol. The highest BCUT2D eigenvalue weighted by atomic mass is 32.2. The molecule has 188 valence electrons. The Balaban J connectivity index is 1.74. The Morgan fingerprint density at radius 3 is 1.79 bits per heavy atom. The number of fused-ring (bicyclic) bond motifs is 3. The molecule has 2 aromatic rings. The molecule has 0 spiro atoms. The van der Waals surface area contributed by atoms with E-state index < -0.39 is 7.60 Å². The third-order valence-corrected chi connectivity index (χ3v) is 10.3. The fourth-order valence-electron chi connectivity index (χ4n) is 4.71. The minimum Gasteiger partial charge on any atom is -0.309 e. The Kier molecular flexibility index (Phi) is 11.2. The van der Waals surface area contributed by atoms with Crippen molar-refractivity contribution in [2.45, 2.75) is 83.3 Å². The van der Waals surface area contributed by atoms with Crippen LogP contribution in [0.1, 0.15) is 89.7 Å². The third kappa shape index (κ3) is 6.78. The molecule has 0 radical (unpaired) electrons. The van der Waals surface area contributed by atoms with E-state index in [4.69, 9.17) is 9.05 Å². The van der Waals surface area contributed by atoms with E-state index in [9.17, 15) is 4.57 Å². The van der Waals surface area contributed by atoms with Crippen LogP contribution in [0, 0.1) is 0 Å². The zero-order valence-electron chi connectivity index (χ0n) is 21.4. The number of rotatable bonds is 17. The van der Waals surface area contributed by atoms with Gasteiger partial charge in [0.05, 0.1) is 24.1 Å². The summed E-state index contributed by atoms with van der Waals surface area (Å²) >= 11 is 2.10. The summed E-state index contributed by atoms with van der Waals surface area (Å²) in [6, 6.07) is 17.8. The predicted octanol–water partition coefficient (Wildman–Crippen LogP) is 9.44. The Morgan fingerprint density at radius 1 is 0.735 bits per heavy atom. The van der Waals surface area contributed by atoms with Crippen molar-refractivity contribution in [2.24, 2.45) is 0 Å². The van der Waals surface area contributed by atoms with Crippen molar-refractivity contribution in [3.05, 3.63) is 59.7 Å². The second-order valence-corrected chi connectivity index (χ2v) is 12.9. The van der Waals surface area contributed by atoms with E-state index in [0.717, 1.165) is 50.7 Å². The van der Waals surface area contributed by atoms with E-state index in [0.29, 0.717) is 19.4 Å². The smallest absolute Gasteiger partial charge is 0.309 e. The molecule has 0 bridgehead atoms. The van der Waals surface area contributed by atoms with Gasteiger partial charge in [0.2, 0.25) is 0 Å². The standard InChI is InChI=1S/C29H43O3PS/c1-4-7-21-31-33(30,32-22-8-5-2)23-15-14-20-29(34-24-9-6-3)27-18-12-10-16-25(27)26-17-11-13-19-28(26)29/h10-13,16-19H,4-9,14-15,20-24H2,1-3H3. The average molecular weight is 503 g/mol. The first kappa shape index (κ1) is 27.5. The van der Waals surface area contributed by atoms with Crippen LogP contribution < -0.4 is 0 Å². The van der Waals surface area contributed by atoms with Crippen molar-refractivity contribution in [1.29, 1.82) is 0 Å². The van der Waals surface area contributed by atoms with Gasteiger partial charge in [-0.1, -0.05) is 95.0 Å². The number of hydrogen-bond donors (Lipinski definition) is 0. The van der Waals surface area contributed by atoms with Gasteiger partial charge in [-0.3, -0.25) is 4.57 Å². The van der Waals surface area contributed by atoms with Crippen molar-refractivity contribution in [3.8, 4) is 11.1 Å². The Bertz CT molecular complexity index is 870. The van der Waals surface area contributed by atoms with Gasteiger partial charge in [-0.2, -0.15) is 0 Å². The van der Waals surface area contributed by atoms with Gasteiger partial charge in [0.1, 0.15) is 0 Å². The Morgan fingerprint density at radius 2 is 1.26 bits per heavy atom. The van der Waals surface area contributed by atoms with E-state index in [-0.39, 0.29) is 4.75 Å². The summed E-state index contributed by atoms with van der Waals surface area (Å²) in [7, 11) is -3.03. The molecule has 0 aromatic heterocycles. The average Bonchev–Trinajstić information content (AvgIpc) is 3.13. The maximum Gasteiger partial charge on any atom is 0.330 e. The lowest BCUT2D eigenvalue weighted by Crippen LogP contribution is -2.22. The van der Waals surface area contributed by atoms with E-state index in [2.05, 4.69) is 81.1 Å². The van der Waals surface area contributed by atoms with Crippen molar-refractivity contribution in [3.63, 3.8) is 0 Å². The molecule has 3 nitrogen and oxygen atoms in total. The van der Waals surface area contributed by atoms with Crippen LogP contribution in [0.2, 0.25) is 0 Å². The lowest BCUT2D eigenvalue weighted by Gasteiger charge is -2.32. The van der Waals surface area contributed by atoms with Gasteiger partial charge in [0.15, 0.2) is 0 Å². The van der Waals surface area contributed by atoms with E-state index in [1.807, 2.05) is 0 Å². The molecule has 5 heteroatoms. The largest absolute Gasteiger partial charge is 0.330 e. The van der Waals surface area contributed by atoms with Crippen LogP contribution in [-0.2, 0) is 18.4 Å². The molecule has 3 rings (SSSR count). The highest BCUT2D eigenvalue weighted by Gasteiger charge is 2.42. The summed E-state index contributed by atoms with van der Waals surface area (Å²) in [5.41, 5.74) is 5.63. The molecule has 0 fully saturated rings. The minimum absolute atomic E-state index is 0.0293. The maximum atomic E-state index is 13.4. The van der Waals surface area contributed by atoms with Crippen molar-refractivity contribution in [2.75, 3.05) is 25.1 Å². The number of unbranched alkanes of at least 4 members (excludes halogenated alkanes) is 4. The summed E-state index contributed by atoms with van der Waals surface area (Å²) in [4.78, 5) is 0. The van der Waals surface area contributed by atoms with Crippen molar-refractivity contribution < 1.29 is 13.6 Å². The van der Waals surface area contributed by atoms with Gasteiger partial charge in [-0.25, -0.2) is 0 Å². The van der Waals surface area contributed by atoms with E-state index in [1.165, 1.54) is 35.1 Å². The zero-order chi connectivity index (χ0) is 24.3. The predicted molar refractivity (Wildman–Crippen MR) is 148 cm³/mol. The molecule has 34 heavy (non-hydrogen) atoms. The Labute approximate surface area is 211 Å². The first-order chi connectivity index (χ1) is 16.6. The first-order valence-corrected chi connectivity index (χ1v) is 16.0. The van der Waals surface area contributed by atoms with E-state index >= 15 is 0 Å². The second kappa shape index (κ2) is 13.9. The van der Waals surface area contributed by atoms with Crippen LogP contribution >= 0.6 is 19.4 Å². The summed E-state index contributed by atoms with van der Waals surface area (Å²) in [6.07, 6.45) is 9.76. The normalized spacial score (nSPS) is 14.2. The SMILES string of the molecule is CCCCOP(=O)(CCCCC1(SCCCC)c2ccccc2-c2ccccc21)OCCCC. The van der Waals surface area contributed by atoms with Crippen LogP contribution in [0.15, 0.2) is 48.5 Å². The first-order valence-electron chi connectivity index (χ1n) is 13.3. The summed E-state index contributed by atoms with van der Waals surface area (Å²) in [6.45, 7) is 7.56. The van der Waals surface area contributed by atoms with Gasteiger partial charge < -0.3 is 9.05 Å². The van der Waals surface area contributed by atoms with Crippen LogP contribution in [0.3, 0.4) is 0 Å². The van der Waals surface area contributed by atoms with Gasteiger partial charge in [-0.15, -0.1) is 11.8 Å². The lowest BCUT2D eigenvalue weighted by molar-refractivity contribution is 0.199. The molecule has 0 saturated heterocycles. The molecule has 1 aliphatic carbocycles. The number of hydrogen-bond acceptors (Lipinski definition) is 4. The van der Waals surface area contributed by atoms with Crippen molar-refractivity contribution >= 4 is 19.4 Å². The highest BCUT2D eigenvalue weighted by molar-refractivity contribution is 8.00. The van der Waals surface area contributed by atoms with Crippen LogP contribution in [0.25, 0.3) is 11.1 Å². The second-order valence-electron chi connectivity index (χ2n) is 9.29. The summed E-state index contributed by atoms with van der Waals surface area (Å²) in [5.74, 6) is 1.15. The third-order valence-electron chi connectivity index (χ3n) is 6.64. The molecule has 0 N–H and O–H groups in total. The van der Waals surface area contributed by atoms with Crippen LogP contribution in [-0.4, -0.2) is 25.1 Å². The lowest BCUT2D eigenvalue weighted by atomic mass is 9.90. The van der Waals surface area contributed by atoms with E-state index in [1.54, 1.807) is 0 Å². The maximum absolute atomic E-state index is 13.4. The fourth-order valence-corrected chi connectivity index (χ4v) is 8.21. The quantitative estimate of drug-likeness (QED) is 0.159. The van der Waals surface area contributed by atoms with Gasteiger partial charge in [0, 0.05) is 0 Å². The highest BCUT2D eigenvalue weighted by Crippen LogP contribution is 2.58. The van der Waals surface area contributed by atoms with Gasteiger partial charge in [0.25, 0.3) is 0 Å². The molecular formula is C29H43O3PS. The van der Waals surface area contributed by atoms with Crippen LogP contribution in [0.4, 0.5) is 0 Å². The molecule has 0 aliphatic heterocycles. The fraction of sp³-hybridized carbons (Fsp3) is 0.586. The number of thioether (sulfide) groups is 1. The summed E-state index contributed by atoms with van der Waals surface area (Å²) in [5, 5.41) is 0. The topological polar surface area (TPSA) is 35.5 Å². The minimum atomic E-state index is -3.03. The van der Waals surface area contributed by atoms with Crippen LogP contribution in [0.5, 0.6) is 0 Å². The number of benzene rings is 2. The van der Waals surface area contributed by atoms with Gasteiger partial charge >= 0.3 is 7.60 Å². The van der Waals surface area contributed by atoms with Gasteiger partial charge in [-0.05, 0) is 60.1 Å².